The maximum Gasteiger partial charge on any atom is 0.197 e. The molecule has 5 rings (SSSR count). The van der Waals surface area contributed by atoms with Crippen LogP contribution in [0.25, 0.3) is 22.3 Å². The van der Waals surface area contributed by atoms with Crippen molar-refractivity contribution in [3.63, 3.8) is 0 Å². The highest BCUT2D eigenvalue weighted by Crippen LogP contribution is 2.53. The SMILES string of the molecule is COc1cc(C2Oc3ccc(-c4cc(=O)c5c(O)cc(O)cc5o4)c(O)c3C2CO)ccc1O. The number of rotatable bonds is 4. The van der Waals surface area contributed by atoms with Gasteiger partial charge in [-0.1, -0.05) is 6.07 Å². The first-order valence-corrected chi connectivity index (χ1v) is 10.3. The standard InChI is InChI=1S/C25H20O9/c1-32-20-6-11(2-4-15(20)28)25-14(10-26)22-18(34-25)5-3-13(24(22)31)19-9-17(30)23-16(29)7-12(27)8-21(23)33-19/h2-9,14,25-29,31H,10H2,1H3. The van der Waals surface area contributed by atoms with Crippen molar-refractivity contribution in [3.05, 3.63) is 69.9 Å². The van der Waals surface area contributed by atoms with Gasteiger partial charge < -0.3 is 39.4 Å². The van der Waals surface area contributed by atoms with Crippen LogP contribution in [-0.2, 0) is 0 Å². The van der Waals surface area contributed by atoms with Crippen LogP contribution in [0.15, 0.2) is 57.7 Å². The molecule has 1 aliphatic rings. The number of aliphatic hydroxyl groups is 1. The van der Waals surface area contributed by atoms with Gasteiger partial charge in [0, 0.05) is 23.8 Å². The molecule has 34 heavy (non-hydrogen) atoms. The van der Waals surface area contributed by atoms with Crippen molar-refractivity contribution < 1.29 is 39.4 Å². The van der Waals surface area contributed by atoms with Crippen LogP contribution in [0.3, 0.4) is 0 Å². The number of aliphatic hydroxyl groups excluding tert-OH is 1. The first-order chi connectivity index (χ1) is 16.3. The molecule has 0 bridgehead atoms. The van der Waals surface area contributed by atoms with Gasteiger partial charge in [-0.15, -0.1) is 0 Å². The van der Waals surface area contributed by atoms with E-state index < -0.39 is 23.2 Å². The van der Waals surface area contributed by atoms with Gasteiger partial charge in [-0.3, -0.25) is 4.79 Å². The van der Waals surface area contributed by atoms with E-state index in [9.17, 15) is 30.3 Å². The fourth-order valence-electron chi connectivity index (χ4n) is 4.36. The number of methoxy groups -OCH3 is 1. The number of benzene rings is 3. The van der Waals surface area contributed by atoms with E-state index in [0.29, 0.717) is 16.9 Å². The third-order valence-corrected chi connectivity index (χ3v) is 5.96. The molecule has 0 amide bonds. The average molecular weight is 464 g/mol. The molecule has 1 aromatic heterocycles. The Hall–Kier alpha value is -4.37. The molecule has 0 radical (unpaired) electrons. The molecule has 5 N–H and O–H groups in total. The third kappa shape index (κ3) is 3.25. The Labute approximate surface area is 192 Å². The lowest BCUT2D eigenvalue weighted by atomic mass is 9.89. The minimum absolute atomic E-state index is 0.00856. The smallest absolute Gasteiger partial charge is 0.197 e. The van der Waals surface area contributed by atoms with Gasteiger partial charge >= 0.3 is 0 Å². The van der Waals surface area contributed by atoms with Crippen molar-refractivity contribution >= 4 is 11.0 Å². The predicted octanol–water partition coefficient (Wildman–Crippen LogP) is 3.50. The highest BCUT2D eigenvalue weighted by Gasteiger charge is 2.39. The van der Waals surface area contributed by atoms with Crippen molar-refractivity contribution in [1.29, 1.82) is 0 Å². The number of phenolic OH excluding ortho intramolecular Hbond substituents is 4. The molecule has 2 atom stereocenters. The molecular formula is C25H20O9. The molecule has 0 spiro atoms. The van der Waals surface area contributed by atoms with Crippen LogP contribution in [-0.4, -0.2) is 39.2 Å². The highest BCUT2D eigenvalue weighted by molar-refractivity contribution is 5.86. The number of hydrogen-bond donors (Lipinski definition) is 5. The maximum atomic E-state index is 12.6. The second kappa shape index (κ2) is 7.89. The second-order valence-electron chi connectivity index (χ2n) is 7.95. The Morgan fingerprint density at radius 1 is 0.971 bits per heavy atom. The molecule has 4 aromatic rings. The Morgan fingerprint density at radius 2 is 1.76 bits per heavy atom. The molecule has 0 aliphatic carbocycles. The summed E-state index contributed by atoms with van der Waals surface area (Å²) in [5, 5.41) is 50.8. The predicted molar refractivity (Wildman–Crippen MR) is 121 cm³/mol. The molecular weight excluding hydrogens is 444 g/mol. The average Bonchev–Trinajstić information content (AvgIpc) is 3.18. The van der Waals surface area contributed by atoms with Crippen LogP contribution in [0.2, 0.25) is 0 Å². The normalized spacial score (nSPS) is 16.9. The highest BCUT2D eigenvalue weighted by atomic mass is 16.5. The molecule has 3 aromatic carbocycles. The molecule has 0 saturated carbocycles. The monoisotopic (exact) mass is 464 g/mol. The van der Waals surface area contributed by atoms with Gasteiger partial charge in [-0.25, -0.2) is 0 Å². The third-order valence-electron chi connectivity index (χ3n) is 5.96. The van der Waals surface area contributed by atoms with E-state index in [2.05, 4.69) is 0 Å². The summed E-state index contributed by atoms with van der Waals surface area (Å²) >= 11 is 0. The lowest BCUT2D eigenvalue weighted by Gasteiger charge is -2.19. The van der Waals surface area contributed by atoms with Gasteiger partial charge in [-0.05, 0) is 29.8 Å². The summed E-state index contributed by atoms with van der Waals surface area (Å²) < 4.78 is 16.9. The van der Waals surface area contributed by atoms with E-state index in [0.717, 1.165) is 12.1 Å². The van der Waals surface area contributed by atoms with Crippen LogP contribution >= 0.6 is 0 Å². The lowest BCUT2D eigenvalue weighted by Crippen LogP contribution is -2.13. The van der Waals surface area contributed by atoms with Crippen LogP contribution in [0.5, 0.6) is 34.5 Å². The summed E-state index contributed by atoms with van der Waals surface area (Å²) in [6.45, 7) is -0.360. The molecule has 9 heteroatoms. The van der Waals surface area contributed by atoms with Crippen molar-refractivity contribution in [2.24, 2.45) is 0 Å². The maximum absolute atomic E-state index is 12.6. The Morgan fingerprint density at radius 3 is 2.50 bits per heavy atom. The second-order valence-corrected chi connectivity index (χ2v) is 7.95. The van der Waals surface area contributed by atoms with Crippen molar-refractivity contribution in [3.8, 4) is 45.8 Å². The van der Waals surface area contributed by atoms with Crippen molar-refractivity contribution in [2.75, 3.05) is 13.7 Å². The zero-order chi connectivity index (χ0) is 24.1. The summed E-state index contributed by atoms with van der Waals surface area (Å²) in [5.41, 5.74) is 0.515. The van der Waals surface area contributed by atoms with Crippen LogP contribution < -0.4 is 14.9 Å². The van der Waals surface area contributed by atoms with E-state index in [1.807, 2.05) is 0 Å². The first-order valence-electron chi connectivity index (χ1n) is 10.3. The summed E-state index contributed by atoms with van der Waals surface area (Å²) in [4.78, 5) is 12.6. The van der Waals surface area contributed by atoms with E-state index in [1.54, 1.807) is 18.2 Å². The Bertz CT molecular complexity index is 1490. The number of ether oxygens (including phenoxy) is 2. The Kier molecular flexibility index (Phi) is 4.98. The van der Waals surface area contributed by atoms with Crippen LogP contribution in [0, 0.1) is 0 Å². The van der Waals surface area contributed by atoms with Gasteiger partial charge in [-0.2, -0.15) is 0 Å². The van der Waals surface area contributed by atoms with Crippen molar-refractivity contribution in [1.82, 2.24) is 0 Å². The van der Waals surface area contributed by atoms with Crippen LogP contribution in [0.4, 0.5) is 0 Å². The molecule has 9 nitrogen and oxygen atoms in total. The number of phenols is 4. The number of hydrogen-bond acceptors (Lipinski definition) is 9. The van der Waals surface area contributed by atoms with Gasteiger partial charge in [0.2, 0.25) is 0 Å². The first kappa shape index (κ1) is 21.5. The zero-order valence-electron chi connectivity index (χ0n) is 17.8. The largest absolute Gasteiger partial charge is 0.508 e. The molecule has 0 fully saturated rings. The van der Waals surface area contributed by atoms with E-state index in [1.165, 1.54) is 25.3 Å². The quantitative estimate of drug-likeness (QED) is 0.306. The number of fused-ring (bicyclic) bond motifs is 2. The van der Waals surface area contributed by atoms with Gasteiger partial charge in [0.05, 0.1) is 25.2 Å². The lowest BCUT2D eigenvalue weighted by molar-refractivity contribution is 0.159. The molecule has 1 aliphatic heterocycles. The summed E-state index contributed by atoms with van der Waals surface area (Å²) in [6, 6.07) is 11.1. The number of aromatic hydroxyl groups is 4. The van der Waals surface area contributed by atoms with E-state index in [-0.39, 0.29) is 51.9 Å². The van der Waals surface area contributed by atoms with Gasteiger partial charge in [0.15, 0.2) is 16.9 Å². The van der Waals surface area contributed by atoms with Crippen molar-refractivity contribution in [2.45, 2.75) is 12.0 Å². The fraction of sp³-hybridized carbons (Fsp3) is 0.160. The Balaban J connectivity index is 1.62. The zero-order valence-corrected chi connectivity index (χ0v) is 17.8. The van der Waals surface area contributed by atoms with Gasteiger partial charge in [0.25, 0.3) is 0 Å². The van der Waals surface area contributed by atoms with E-state index >= 15 is 0 Å². The van der Waals surface area contributed by atoms with Crippen LogP contribution in [0.1, 0.15) is 23.1 Å². The molecule has 0 saturated heterocycles. The molecule has 2 unspecified atom stereocenters. The summed E-state index contributed by atoms with van der Waals surface area (Å²) in [6.07, 6.45) is -0.673. The topological polar surface area (TPSA) is 150 Å². The van der Waals surface area contributed by atoms with E-state index in [4.69, 9.17) is 13.9 Å². The minimum Gasteiger partial charge on any atom is -0.508 e. The summed E-state index contributed by atoms with van der Waals surface area (Å²) in [7, 11) is 1.42. The molecule has 174 valence electrons. The van der Waals surface area contributed by atoms with Gasteiger partial charge in [0.1, 0.15) is 45.8 Å². The molecule has 2 heterocycles. The summed E-state index contributed by atoms with van der Waals surface area (Å²) in [5.74, 6) is -1.07. The minimum atomic E-state index is -0.673. The fourth-order valence-corrected chi connectivity index (χ4v) is 4.36.